The number of nitrogens with one attached hydrogen (secondary N) is 2. The molecule has 0 aliphatic carbocycles. The van der Waals surface area contributed by atoms with E-state index in [1.807, 2.05) is 30.0 Å². The number of H-pyrrole nitrogens is 1. The lowest BCUT2D eigenvalue weighted by molar-refractivity contribution is 0.122. The second-order valence-corrected chi connectivity index (χ2v) is 6.95. The molecule has 1 aromatic heterocycles. The fourth-order valence-electron chi connectivity index (χ4n) is 3.56. The number of hydrogen-bond donors (Lipinski definition) is 2. The Hall–Kier alpha value is -3.07. The van der Waals surface area contributed by atoms with Crippen LogP contribution >= 0.6 is 0 Å². The van der Waals surface area contributed by atoms with E-state index in [1.165, 1.54) is 0 Å². The van der Waals surface area contributed by atoms with E-state index >= 15 is 0 Å². The summed E-state index contributed by atoms with van der Waals surface area (Å²) < 4.78 is 10.9. The molecule has 1 saturated heterocycles. The summed E-state index contributed by atoms with van der Waals surface area (Å²) in [5, 5.41) is 2.89. The number of carbonyl (C=O) groups excluding carboxylic acids is 1. The van der Waals surface area contributed by atoms with Crippen LogP contribution in [0.2, 0.25) is 0 Å². The van der Waals surface area contributed by atoms with Crippen LogP contribution in [0, 0.1) is 0 Å². The number of fused-ring (bicyclic) bond motifs is 1. The van der Waals surface area contributed by atoms with Gasteiger partial charge in [-0.1, -0.05) is 12.1 Å². The first-order chi connectivity index (χ1) is 14.2. The van der Waals surface area contributed by atoms with Crippen LogP contribution in [0.25, 0.3) is 0 Å². The average molecular weight is 399 g/mol. The zero-order valence-electron chi connectivity index (χ0n) is 16.4. The van der Waals surface area contributed by atoms with Gasteiger partial charge in [0.1, 0.15) is 5.75 Å². The van der Waals surface area contributed by atoms with Crippen molar-refractivity contribution in [1.29, 1.82) is 0 Å². The number of aromatic amines is 1. The van der Waals surface area contributed by atoms with Crippen LogP contribution in [-0.2, 0) is 17.7 Å². The van der Waals surface area contributed by atoms with E-state index in [-0.39, 0.29) is 18.1 Å². The Morgan fingerprint density at radius 1 is 1.28 bits per heavy atom. The van der Waals surface area contributed by atoms with E-state index in [1.54, 1.807) is 11.0 Å². The molecule has 29 heavy (non-hydrogen) atoms. The lowest BCUT2D eigenvalue weighted by atomic mass is 10.1. The highest BCUT2D eigenvalue weighted by atomic mass is 16.5. The van der Waals surface area contributed by atoms with Crippen LogP contribution in [0.4, 0.5) is 16.4 Å². The van der Waals surface area contributed by atoms with E-state index < -0.39 is 0 Å². The maximum Gasteiger partial charge on any atom is 0.322 e. The van der Waals surface area contributed by atoms with Gasteiger partial charge in [-0.25, -0.2) is 9.78 Å². The zero-order chi connectivity index (χ0) is 20.2. The molecule has 4 rings (SSSR count). The maximum atomic E-state index is 12.8. The Kier molecular flexibility index (Phi) is 5.66. The Morgan fingerprint density at radius 3 is 2.86 bits per heavy atom. The molecular weight excluding hydrogens is 374 g/mol. The number of morpholine rings is 1. The van der Waals surface area contributed by atoms with Crippen molar-refractivity contribution in [2.45, 2.75) is 19.9 Å². The summed E-state index contributed by atoms with van der Waals surface area (Å²) in [7, 11) is 0. The Balaban J connectivity index is 1.48. The van der Waals surface area contributed by atoms with Gasteiger partial charge in [0.25, 0.3) is 5.56 Å². The number of benzene rings is 1. The summed E-state index contributed by atoms with van der Waals surface area (Å²) in [6.07, 6.45) is 0.539. The number of nitrogens with zero attached hydrogens (tertiary/aromatic N) is 3. The number of para-hydroxylation sites is 2. The predicted molar refractivity (Wildman–Crippen MR) is 109 cm³/mol. The highest BCUT2D eigenvalue weighted by Crippen LogP contribution is 2.25. The SMILES string of the molecule is CCOc1ccccc1NC(=O)N1CCc2nc(N3CCOCC3)[nH]c(=O)c2C1. The molecule has 154 valence electrons. The smallest absolute Gasteiger partial charge is 0.322 e. The second-order valence-electron chi connectivity index (χ2n) is 6.95. The van der Waals surface area contributed by atoms with E-state index in [2.05, 4.69) is 15.3 Å². The first-order valence-electron chi connectivity index (χ1n) is 9.88. The monoisotopic (exact) mass is 399 g/mol. The lowest BCUT2D eigenvalue weighted by Gasteiger charge is -2.31. The molecule has 9 heteroatoms. The number of urea groups is 1. The minimum atomic E-state index is -0.264. The van der Waals surface area contributed by atoms with Gasteiger partial charge in [-0.2, -0.15) is 0 Å². The van der Waals surface area contributed by atoms with Crippen molar-refractivity contribution >= 4 is 17.7 Å². The van der Waals surface area contributed by atoms with E-state index in [0.717, 1.165) is 5.69 Å². The van der Waals surface area contributed by atoms with Gasteiger partial charge in [-0.3, -0.25) is 9.78 Å². The van der Waals surface area contributed by atoms with Gasteiger partial charge < -0.3 is 24.6 Å². The van der Waals surface area contributed by atoms with Crippen LogP contribution in [0.15, 0.2) is 29.1 Å². The van der Waals surface area contributed by atoms with Gasteiger partial charge in [0.05, 0.1) is 43.3 Å². The molecule has 2 aromatic rings. The minimum Gasteiger partial charge on any atom is -0.492 e. The van der Waals surface area contributed by atoms with Crippen LogP contribution in [0.1, 0.15) is 18.2 Å². The van der Waals surface area contributed by atoms with Gasteiger partial charge in [0.2, 0.25) is 5.95 Å². The van der Waals surface area contributed by atoms with Crippen LogP contribution < -0.4 is 20.5 Å². The van der Waals surface area contributed by atoms with Crippen LogP contribution in [-0.4, -0.2) is 60.4 Å². The number of ether oxygens (including phenoxy) is 2. The van der Waals surface area contributed by atoms with Crippen LogP contribution in [0.3, 0.4) is 0 Å². The van der Waals surface area contributed by atoms with E-state index in [9.17, 15) is 9.59 Å². The minimum absolute atomic E-state index is 0.191. The molecule has 1 aromatic carbocycles. The average Bonchev–Trinajstić information content (AvgIpc) is 2.75. The number of aromatic nitrogens is 2. The second kappa shape index (κ2) is 8.52. The van der Waals surface area contributed by atoms with Gasteiger partial charge >= 0.3 is 6.03 Å². The van der Waals surface area contributed by atoms with Crippen molar-refractivity contribution in [3.8, 4) is 5.75 Å². The molecule has 2 aliphatic rings. The van der Waals surface area contributed by atoms with Crippen LogP contribution in [0.5, 0.6) is 5.75 Å². The molecule has 0 atom stereocenters. The third kappa shape index (κ3) is 4.19. The third-order valence-electron chi connectivity index (χ3n) is 5.08. The van der Waals surface area contributed by atoms with Crippen molar-refractivity contribution in [2.75, 3.05) is 49.7 Å². The predicted octanol–water partition coefficient (Wildman–Crippen LogP) is 1.60. The van der Waals surface area contributed by atoms with Crippen molar-refractivity contribution in [3.05, 3.63) is 45.9 Å². The molecule has 2 amide bonds. The van der Waals surface area contributed by atoms with Crippen molar-refractivity contribution in [3.63, 3.8) is 0 Å². The van der Waals surface area contributed by atoms with Gasteiger partial charge in [0, 0.05) is 26.1 Å². The first kappa shape index (κ1) is 19.3. The maximum absolute atomic E-state index is 12.8. The molecule has 1 fully saturated rings. The van der Waals surface area contributed by atoms with Crippen molar-refractivity contribution < 1.29 is 14.3 Å². The topological polar surface area (TPSA) is 99.8 Å². The fraction of sp³-hybridized carbons (Fsp3) is 0.450. The van der Waals surface area contributed by atoms with E-state index in [4.69, 9.17) is 9.47 Å². The quantitative estimate of drug-likeness (QED) is 0.810. The Labute approximate surface area is 168 Å². The van der Waals surface area contributed by atoms with Crippen molar-refractivity contribution in [1.82, 2.24) is 14.9 Å². The summed E-state index contributed by atoms with van der Waals surface area (Å²) >= 11 is 0. The highest BCUT2D eigenvalue weighted by Gasteiger charge is 2.26. The molecule has 2 N–H and O–H groups in total. The van der Waals surface area contributed by atoms with E-state index in [0.29, 0.717) is 68.8 Å². The largest absolute Gasteiger partial charge is 0.492 e. The molecule has 2 aliphatic heterocycles. The number of carbonyl (C=O) groups is 1. The molecule has 3 heterocycles. The van der Waals surface area contributed by atoms with Crippen molar-refractivity contribution in [2.24, 2.45) is 0 Å². The molecule has 9 nitrogen and oxygen atoms in total. The Bertz CT molecular complexity index is 939. The van der Waals surface area contributed by atoms with Gasteiger partial charge in [-0.05, 0) is 19.1 Å². The summed E-state index contributed by atoms with van der Waals surface area (Å²) in [5.41, 5.74) is 1.72. The van der Waals surface area contributed by atoms with Gasteiger partial charge in [-0.15, -0.1) is 0 Å². The normalized spacial score (nSPS) is 16.3. The standard InChI is InChI=1S/C20H25N5O4/c1-2-29-17-6-4-3-5-16(17)22-20(27)25-8-7-15-14(13-25)18(26)23-19(21-15)24-9-11-28-12-10-24/h3-6H,2,7-13H2,1H3,(H,22,27)(H,21,23,26). The summed E-state index contributed by atoms with van der Waals surface area (Å²) in [6.45, 7) is 5.78. The number of hydrogen-bond acceptors (Lipinski definition) is 6. The molecule has 0 unspecified atom stereocenters. The summed E-state index contributed by atoms with van der Waals surface area (Å²) in [6, 6.07) is 7.04. The number of amides is 2. The molecule has 0 radical (unpaired) electrons. The molecular formula is C20H25N5O4. The summed E-state index contributed by atoms with van der Waals surface area (Å²) in [5.74, 6) is 1.20. The molecule has 0 bridgehead atoms. The zero-order valence-corrected chi connectivity index (χ0v) is 16.4. The highest BCUT2D eigenvalue weighted by molar-refractivity contribution is 5.91. The third-order valence-corrected chi connectivity index (χ3v) is 5.08. The lowest BCUT2D eigenvalue weighted by Crippen LogP contribution is -2.43. The van der Waals surface area contributed by atoms with Gasteiger partial charge in [0.15, 0.2) is 0 Å². The first-order valence-corrected chi connectivity index (χ1v) is 9.88. The molecule has 0 spiro atoms. The fourth-order valence-corrected chi connectivity index (χ4v) is 3.56. The number of anilines is 2. The Morgan fingerprint density at radius 2 is 2.07 bits per heavy atom. The number of rotatable bonds is 4. The summed E-state index contributed by atoms with van der Waals surface area (Å²) in [4.78, 5) is 36.6. The molecule has 0 saturated carbocycles.